The number of nitrogens with zero attached hydrogens (tertiary/aromatic N) is 1. The lowest BCUT2D eigenvalue weighted by atomic mass is 9.91. The Kier molecular flexibility index (Phi) is 13.6. The van der Waals surface area contributed by atoms with Crippen molar-refractivity contribution >= 4 is 29.8 Å². The minimum absolute atomic E-state index is 0.0895. The summed E-state index contributed by atoms with van der Waals surface area (Å²) in [5.74, 6) is -2.43. The number of rotatable bonds is 13. The van der Waals surface area contributed by atoms with Crippen molar-refractivity contribution < 1.29 is 42.9 Å². The number of fused-ring (bicyclic) bond motifs is 1. The van der Waals surface area contributed by atoms with Crippen molar-refractivity contribution in [2.75, 3.05) is 13.7 Å². The number of phenols is 1. The Hall–Kier alpha value is -5.46. The van der Waals surface area contributed by atoms with Crippen LogP contribution < -0.4 is 16.0 Å². The molecule has 1 aliphatic rings. The number of aryl methyl sites for hydroxylation is 2. The quantitative estimate of drug-likeness (QED) is 0.144. The molecule has 0 fully saturated rings. The van der Waals surface area contributed by atoms with Gasteiger partial charge in [-0.2, -0.15) is 0 Å². The molecule has 1 aliphatic heterocycles. The summed E-state index contributed by atoms with van der Waals surface area (Å²) >= 11 is 0. The zero-order valence-corrected chi connectivity index (χ0v) is 31.1. The van der Waals surface area contributed by atoms with Gasteiger partial charge < -0.3 is 35.4 Å². The lowest BCUT2D eigenvalue weighted by Crippen LogP contribution is -2.58. The number of hydrogen-bond acceptors (Lipinski definition) is 8. The first-order valence-electron chi connectivity index (χ1n) is 17.6. The van der Waals surface area contributed by atoms with E-state index in [0.29, 0.717) is 12.8 Å². The fourth-order valence-electron chi connectivity index (χ4n) is 6.37. The third kappa shape index (κ3) is 11.3. The second-order valence-electron chi connectivity index (χ2n) is 14.3. The normalized spacial score (nSPS) is 15.0. The van der Waals surface area contributed by atoms with Gasteiger partial charge in [-0.15, -0.1) is 0 Å². The summed E-state index contributed by atoms with van der Waals surface area (Å²) in [6.07, 6.45) is 0.692. The second-order valence-corrected chi connectivity index (χ2v) is 14.3. The number of aromatic hydroxyl groups is 1. The SMILES string of the molecule is COC(=O)[C@H](CCCCNC(=O)[C@@H]1Cc2ccccc2CN1C(=O)[C@H](Cc1c(C)cc(O)cc1C)NC(=O)OC(C)(C)C)NC(=O)c1ccc(F)cc1. The number of phenolic OH excluding ortho intramolecular Hbond substituents is 1. The minimum atomic E-state index is -1.09. The van der Waals surface area contributed by atoms with Crippen LogP contribution in [0.5, 0.6) is 5.75 Å². The molecule has 284 valence electrons. The van der Waals surface area contributed by atoms with Crippen molar-refractivity contribution in [3.63, 3.8) is 0 Å². The van der Waals surface area contributed by atoms with Crippen molar-refractivity contribution in [2.45, 2.75) is 97.0 Å². The molecule has 1 heterocycles. The van der Waals surface area contributed by atoms with Crippen molar-refractivity contribution in [3.8, 4) is 5.75 Å². The number of carbonyl (C=O) groups is 5. The van der Waals surface area contributed by atoms with E-state index in [2.05, 4.69) is 16.0 Å². The molecule has 0 unspecified atom stereocenters. The summed E-state index contributed by atoms with van der Waals surface area (Å²) in [6.45, 7) is 9.17. The molecule has 0 saturated carbocycles. The van der Waals surface area contributed by atoms with Crippen LogP contribution in [0.3, 0.4) is 0 Å². The molecular formula is C40H49FN4O8. The molecule has 0 aromatic heterocycles. The maximum absolute atomic E-state index is 14.5. The summed E-state index contributed by atoms with van der Waals surface area (Å²) in [5, 5.41) is 18.4. The number of nitrogens with one attached hydrogen (secondary N) is 3. The highest BCUT2D eigenvalue weighted by Crippen LogP contribution is 2.27. The van der Waals surface area contributed by atoms with Gasteiger partial charge in [-0.25, -0.2) is 14.0 Å². The average Bonchev–Trinajstić information content (AvgIpc) is 3.10. The van der Waals surface area contributed by atoms with Gasteiger partial charge in [0.05, 0.1) is 7.11 Å². The van der Waals surface area contributed by atoms with E-state index in [9.17, 15) is 33.5 Å². The van der Waals surface area contributed by atoms with Crippen molar-refractivity contribution in [2.24, 2.45) is 0 Å². The van der Waals surface area contributed by atoms with E-state index in [-0.39, 0.29) is 49.6 Å². The number of ether oxygens (including phenoxy) is 2. The van der Waals surface area contributed by atoms with Crippen molar-refractivity contribution in [3.05, 3.63) is 99.9 Å². The first-order chi connectivity index (χ1) is 25.1. The molecule has 0 radical (unpaired) electrons. The number of alkyl carbamates (subject to hydrolysis) is 1. The van der Waals surface area contributed by atoms with Gasteiger partial charge in [-0.3, -0.25) is 14.4 Å². The Morgan fingerprint density at radius 2 is 1.57 bits per heavy atom. The topological polar surface area (TPSA) is 163 Å². The van der Waals surface area contributed by atoms with E-state index < -0.39 is 53.4 Å². The highest BCUT2D eigenvalue weighted by atomic mass is 19.1. The molecule has 4 N–H and O–H groups in total. The van der Waals surface area contributed by atoms with Crippen LogP contribution in [-0.2, 0) is 43.2 Å². The Morgan fingerprint density at radius 3 is 2.19 bits per heavy atom. The highest BCUT2D eigenvalue weighted by molar-refractivity contribution is 5.96. The molecule has 0 aliphatic carbocycles. The van der Waals surface area contributed by atoms with Crippen LogP contribution in [-0.4, -0.2) is 77.2 Å². The third-order valence-corrected chi connectivity index (χ3v) is 9.03. The van der Waals surface area contributed by atoms with Gasteiger partial charge in [0, 0.05) is 31.5 Å². The van der Waals surface area contributed by atoms with E-state index >= 15 is 0 Å². The number of unbranched alkanes of at least 4 members (excludes halogenated alkanes) is 1. The van der Waals surface area contributed by atoms with E-state index in [4.69, 9.17) is 9.47 Å². The third-order valence-electron chi connectivity index (χ3n) is 9.03. The first-order valence-corrected chi connectivity index (χ1v) is 17.6. The van der Waals surface area contributed by atoms with Gasteiger partial charge >= 0.3 is 12.1 Å². The minimum Gasteiger partial charge on any atom is -0.508 e. The summed E-state index contributed by atoms with van der Waals surface area (Å²) in [6, 6.07) is 12.8. The standard InChI is InChI=1S/C40H49FN4O8/c1-24-19-30(46)20-25(2)31(24)22-33(44-39(51)53-40(3,4)5)37(49)45-23-28-12-8-7-11-27(28)21-34(45)36(48)42-18-10-9-13-32(38(50)52-6)43-35(47)26-14-16-29(41)17-15-26/h7-8,11-12,14-17,19-20,32-34,46H,9-10,13,18,21-23H2,1-6H3,(H,42,48)(H,43,47)(H,44,51)/t32-,33-,34-/m0/s1. The number of carbonyl (C=O) groups excluding carboxylic acids is 5. The van der Waals surface area contributed by atoms with E-state index in [0.717, 1.165) is 39.9 Å². The molecule has 3 aromatic rings. The van der Waals surface area contributed by atoms with Gasteiger partial charge in [0.2, 0.25) is 11.8 Å². The number of benzene rings is 3. The Labute approximate surface area is 309 Å². The molecule has 4 amide bonds. The zero-order valence-electron chi connectivity index (χ0n) is 31.1. The smallest absolute Gasteiger partial charge is 0.408 e. The summed E-state index contributed by atoms with van der Waals surface area (Å²) in [4.78, 5) is 68.0. The molecule has 12 nitrogen and oxygen atoms in total. The number of halogens is 1. The Morgan fingerprint density at radius 1 is 0.925 bits per heavy atom. The van der Waals surface area contributed by atoms with Crippen LogP contribution in [0.4, 0.5) is 9.18 Å². The van der Waals surface area contributed by atoms with Crippen molar-refractivity contribution in [1.82, 2.24) is 20.9 Å². The lowest BCUT2D eigenvalue weighted by molar-refractivity contribution is -0.143. The Balaban J connectivity index is 1.47. The number of amides is 4. The van der Waals surface area contributed by atoms with Crippen LogP contribution in [0.25, 0.3) is 0 Å². The molecule has 53 heavy (non-hydrogen) atoms. The summed E-state index contributed by atoms with van der Waals surface area (Å²) < 4.78 is 23.7. The average molecular weight is 733 g/mol. The number of hydrogen-bond donors (Lipinski definition) is 4. The van der Waals surface area contributed by atoms with Gasteiger partial charge in [0.25, 0.3) is 5.91 Å². The molecule has 0 bridgehead atoms. The van der Waals surface area contributed by atoms with Crippen LogP contribution in [0.15, 0.2) is 60.7 Å². The maximum Gasteiger partial charge on any atom is 0.408 e. The molecule has 3 aromatic carbocycles. The fourth-order valence-corrected chi connectivity index (χ4v) is 6.37. The molecule has 4 rings (SSSR count). The van der Waals surface area contributed by atoms with Gasteiger partial charge in [0.15, 0.2) is 0 Å². The molecule has 3 atom stereocenters. The molecule has 0 saturated heterocycles. The zero-order chi connectivity index (χ0) is 38.9. The molecule has 0 spiro atoms. The predicted molar refractivity (Wildman–Crippen MR) is 195 cm³/mol. The lowest BCUT2D eigenvalue weighted by Gasteiger charge is -2.38. The fraction of sp³-hybridized carbons (Fsp3) is 0.425. The van der Waals surface area contributed by atoms with E-state index in [1.807, 2.05) is 38.1 Å². The van der Waals surface area contributed by atoms with Crippen LogP contribution in [0.2, 0.25) is 0 Å². The van der Waals surface area contributed by atoms with Gasteiger partial charge in [-0.1, -0.05) is 24.3 Å². The predicted octanol–water partition coefficient (Wildman–Crippen LogP) is 4.80. The maximum atomic E-state index is 14.5. The van der Waals surface area contributed by atoms with Crippen LogP contribution in [0.1, 0.15) is 78.2 Å². The highest BCUT2D eigenvalue weighted by Gasteiger charge is 2.38. The molecular weight excluding hydrogens is 683 g/mol. The van der Waals surface area contributed by atoms with Crippen LogP contribution >= 0.6 is 0 Å². The van der Waals surface area contributed by atoms with Crippen molar-refractivity contribution in [1.29, 1.82) is 0 Å². The number of methoxy groups -OCH3 is 1. The Bertz CT molecular complexity index is 1780. The van der Waals surface area contributed by atoms with Crippen LogP contribution in [0, 0.1) is 19.7 Å². The summed E-state index contributed by atoms with van der Waals surface area (Å²) in [7, 11) is 1.22. The molecule has 13 heteroatoms. The monoisotopic (exact) mass is 732 g/mol. The number of esters is 1. The van der Waals surface area contributed by atoms with E-state index in [1.165, 1.54) is 24.1 Å². The van der Waals surface area contributed by atoms with Gasteiger partial charge in [-0.05, 0) is 118 Å². The summed E-state index contributed by atoms with van der Waals surface area (Å²) in [5.41, 5.74) is 3.45. The second kappa shape index (κ2) is 17.8. The first kappa shape index (κ1) is 40.3. The van der Waals surface area contributed by atoms with Gasteiger partial charge in [0.1, 0.15) is 35.3 Å². The van der Waals surface area contributed by atoms with E-state index in [1.54, 1.807) is 32.9 Å². The largest absolute Gasteiger partial charge is 0.508 e.